The first-order valence-corrected chi connectivity index (χ1v) is 11.7. The number of aromatic nitrogens is 8. The average Bonchev–Trinajstić information content (AvgIpc) is 3.81. The maximum absolute atomic E-state index is 10.4. The Hall–Kier alpha value is -6.72. The van der Waals surface area contributed by atoms with Crippen LogP contribution >= 0.6 is 0 Å². The van der Waals surface area contributed by atoms with Crippen molar-refractivity contribution >= 4 is 0 Å². The molecule has 0 aliphatic carbocycles. The van der Waals surface area contributed by atoms with Gasteiger partial charge in [0.05, 0.1) is 0 Å². The van der Waals surface area contributed by atoms with E-state index in [1.807, 2.05) is 0 Å². The molecule has 18 nitrogen and oxygen atoms in total. The highest BCUT2D eigenvalue weighted by atomic mass is 16.5. The van der Waals surface area contributed by atoms with E-state index < -0.39 is 11.9 Å². The number of fused-ring (bicyclic) bond motifs is 24. The molecule has 8 aromatic rings. The van der Waals surface area contributed by atoms with E-state index >= 15 is 0 Å². The van der Waals surface area contributed by atoms with E-state index in [4.69, 9.17) is 35.3 Å². The van der Waals surface area contributed by atoms with Gasteiger partial charge in [0.2, 0.25) is 35.0 Å². The van der Waals surface area contributed by atoms with Crippen LogP contribution in [0.15, 0.2) is 72.9 Å². The quantitative estimate of drug-likeness (QED) is 0.252. The zero-order valence-electron chi connectivity index (χ0n) is 20.2. The van der Waals surface area contributed by atoms with Gasteiger partial charge in [0.25, 0.3) is 23.6 Å². The van der Waals surface area contributed by atoms with Gasteiger partial charge in [-0.15, -0.1) is 0 Å². The molecule has 0 amide bonds. The summed E-state index contributed by atoms with van der Waals surface area (Å²) in [5.41, 5.74) is 0.864. The third kappa shape index (κ3) is 3.25. The molecule has 0 radical (unpaired) electrons. The van der Waals surface area contributed by atoms with Gasteiger partial charge in [-0.25, -0.2) is 29.9 Å². The minimum Gasteiger partial charge on any atom is -0.479 e. The lowest BCUT2D eigenvalue weighted by Gasteiger charge is -1.87. The summed E-state index contributed by atoms with van der Waals surface area (Å²) in [5, 5.41) is 20.8. The second-order valence-corrected chi connectivity index (χ2v) is 8.57. The molecule has 1 aliphatic heterocycles. The van der Waals surface area contributed by atoms with Crippen molar-refractivity contribution in [3.63, 3.8) is 0 Å². The van der Waals surface area contributed by atoms with Gasteiger partial charge < -0.3 is 45.6 Å². The van der Waals surface area contributed by atoms with Gasteiger partial charge >= 0.3 is 11.9 Å². The van der Waals surface area contributed by atoms with Crippen LogP contribution in [0.2, 0.25) is 0 Å². The van der Waals surface area contributed by atoms with Crippen LogP contribution in [0.1, 0.15) is 0 Å². The van der Waals surface area contributed by atoms with Crippen LogP contribution in [-0.2, 0) is 0 Å². The third-order valence-corrected chi connectivity index (χ3v) is 5.96. The number of nitrogens with zero attached hydrogens (tertiary/aromatic N) is 8. The highest BCUT2D eigenvalue weighted by molar-refractivity contribution is 5.65. The van der Waals surface area contributed by atoms with E-state index in [1.165, 1.54) is 37.6 Å². The lowest BCUT2D eigenvalue weighted by molar-refractivity contribution is 0.336. The van der Waals surface area contributed by atoms with Crippen molar-refractivity contribution < 1.29 is 45.6 Å². The zero-order chi connectivity index (χ0) is 27.9. The van der Waals surface area contributed by atoms with Crippen LogP contribution in [-0.4, -0.2) is 50.1 Å². The minimum atomic E-state index is -0.569. The van der Waals surface area contributed by atoms with E-state index in [0.717, 1.165) is 0 Å². The molecule has 0 spiro atoms. The Morgan fingerprint density at radius 1 is 0.333 bits per heavy atom. The smallest absolute Gasteiger partial charge is 0.316 e. The maximum atomic E-state index is 10.4. The Kier molecular flexibility index (Phi) is 4.17. The zero-order valence-corrected chi connectivity index (χ0v) is 20.2. The molecule has 0 saturated carbocycles. The molecule has 0 aromatic carbocycles. The molecule has 2 N–H and O–H groups in total. The minimum absolute atomic E-state index is 0.0568. The van der Waals surface area contributed by atoms with Gasteiger partial charge in [-0.05, 0) is 0 Å². The van der Waals surface area contributed by atoms with E-state index in [9.17, 15) is 10.2 Å². The highest BCUT2D eigenvalue weighted by Crippen LogP contribution is 2.37. The van der Waals surface area contributed by atoms with Crippen molar-refractivity contribution in [1.29, 1.82) is 0 Å². The average molecular weight is 568 g/mol. The van der Waals surface area contributed by atoms with E-state index in [2.05, 4.69) is 39.9 Å². The molecule has 1 aliphatic rings. The lowest BCUT2D eigenvalue weighted by Crippen LogP contribution is -1.84. The summed E-state index contributed by atoms with van der Waals surface area (Å²) in [6.45, 7) is 0. The monoisotopic (exact) mass is 568 g/mol. The fraction of sp³-hybridized carbons (Fsp3) is 0. The van der Waals surface area contributed by atoms with E-state index in [-0.39, 0.29) is 92.7 Å². The molecule has 204 valence electrons. The topological polar surface area (TPSA) is 249 Å². The molecule has 18 heteroatoms. The molecular formula is C24H8N8O10. The summed E-state index contributed by atoms with van der Waals surface area (Å²) >= 11 is 0. The second-order valence-electron chi connectivity index (χ2n) is 8.57. The fourth-order valence-corrected chi connectivity index (χ4v) is 4.04. The van der Waals surface area contributed by atoms with Gasteiger partial charge in [-0.3, -0.25) is 0 Å². The van der Waals surface area contributed by atoms with Crippen LogP contribution < -0.4 is 0 Å². The van der Waals surface area contributed by atoms with Gasteiger partial charge in [0.15, 0.2) is 34.2 Å². The highest BCUT2D eigenvalue weighted by Gasteiger charge is 2.27. The summed E-state index contributed by atoms with van der Waals surface area (Å²) in [6, 6.07) is 0. The Balaban J connectivity index is 1.19. The summed E-state index contributed by atoms with van der Waals surface area (Å²) in [5.74, 6) is -1.24. The number of hydrogen-bond acceptors (Lipinski definition) is 18. The molecule has 9 heterocycles. The molecule has 0 fully saturated rings. The molecule has 0 unspecified atom stereocenters. The van der Waals surface area contributed by atoms with Gasteiger partial charge in [0.1, 0.15) is 37.6 Å². The van der Waals surface area contributed by atoms with Crippen LogP contribution in [0.5, 0.6) is 11.9 Å². The predicted octanol–water partition coefficient (Wildman–Crippen LogP) is 4.65. The fourth-order valence-electron chi connectivity index (χ4n) is 4.04. The van der Waals surface area contributed by atoms with Crippen molar-refractivity contribution in [3.05, 3.63) is 37.6 Å². The Labute approximate surface area is 228 Å². The first-order chi connectivity index (χ1) is 20.6. The predicted molar refractivity (Wildman–Crippen MR) is 127 cm³/mol. The first kappa shape index (κ1) is 22.1. The molecular weight excluding hydrogens is 560 g/mol. The van der Waals surface area contributed by atoms with E-state index in [1.54, 1.807) is 0 Å². The van der Waals surface area contributed by atoms with Crippen molar-refractivity contribution in [2.75, 3.05) is 0 Å². The number of oxazole rings is 8. The van der Waals surface area contributed by atoms with Gasteiger partial charge in [-0.1, -0.05) is 0 Å². The Bertz CT molecular complexity index is 2110. The Morgan fingerprint density at radius 3 is 0.929 bits per heavy atom. The van der Waals surface area contributed by atoms with Gasteiger partial charge in [-0.2, -0.15) is 9.97 Å². The summed E-state index contributed by atoms with van der Waals surface area (Å²) in [4.78, 5) is 34.3. The molecule has 8 aromatic heterocycles. The van der Waals surface area contributed by atoms with E-state index in [0.29, 0.717) is 0 Å². The molecule has 16 bridgehead atoms. The van der Waals surface area contributed by atoms with Crippen molar-refractivity contribution in [2.45, 2.75) is 0 Å². The SMILES string of the molecule is Oc1oc2nc1-c1nc(co1)-c1nc(co1)-c1nc(co1)-c1nc(c(O)o1)-c1nc(co1)-c1nc(co1)-c1nc-2co1. The Morgan fingerprint density at radius 2 is 0.595 bits per heavy atom. The number of rotatable bonds is 0. The maximum Gasteiger partial charge on any atom is 0.316 e. The molecule has 42 heavy (non-hydrogen) atoms. The first-order valence-electron chi connectivity index (χ1n) is 11.7. The third-order valence-electron chi connectivity index (χ3n) is 5.96. The largest absolute Gasteiger partial charge is 0.479 e. The van der Waals surface area contributed by atoms with Crippen molar-refractivity contribution in [2.24, 2.45) is 0 Å². The van der Waals surface area contributed by atoms with Crippen molar-refractivity contribution in [3.8, 4) is 105 Å². The molecule has 0 atom stereocenters. The standard InChI is InChI=1S/C24H8N8O10/c33-23-13-21-29-9(3-39-21)17-25-7(1-35-17)15-27-11(5-37-15)19-31-14(24(34)41-19)22-30-10(4-40-22)18-26-8(2-36-18)16-28-12(6-38-16)20(32-13)42-23/h1-6,33-34H. The second kappa shape index (κ2) is 7.91. The lowest BCUT2D eigenvalue weighted by atomic mass is 10.4. The molecule has 9 rings (SSSR count). The number of hydrogen-bond donors (Lipinski definition) is 2. The summed E-state index contributed by atoms with van der Waals surface area (Å²) < 4.78 is 43.7. The van der Waals surface area contributed by atoms with Crippen LogP contribution in [0.3, 0.4) is 0 Å². The summed E-state index contributed by atoms with van der Waals surface area (Å²) in [6.07, 6.45) is 7.58. The van der Waals surface area contributed by atoms with Crippen LogP contribution in [0, 0.1) is 0 Å². The number of aromatic hydroxyl groups is 2. The van der Waals surface area contributed by atoms with Crippen LogP contribution in [0.25, 0.3) is 92.7 Å². The van der Waals surface area contributed by atoms with Gasteiger partial charge in [0, 0.05) is 0 Å². The van der Waals surface area contributed by atoms with Crippen molar-refractivity contribution in [1.82, 2.24) is 39.9 Å². The molecule has 0 saturated heterocycles. The van der Waals surface area contributed by atoms with Crippen LogP contribution in [0.4, 0.5) is 0 Å². The normalized spacial score (nSPS) is 12.0. The summed E-state index contributed by atoms with van der Waals surface area (Å²) in [7, 11) is 0.